The Hall–Kier alpha value is -2.32. The van der Waals surface area contributed by atoms with E-state index in [0.717, 1.165) is 17.7 Å². The van der Waals surface area contributed by atoms with E-state index in [1.54, 1.807) is 7.05 Å². The Morgan fingerprint density at radius 3 is 2.71 bits per heavy atom. The molecule has 0 unspecified atom stereocenters. The van der Waals surface area contributed by atoms with Crippen LogP contribution >= 0.6 is 11.3 Å². The molecule has 0 saturated carbocycles. The minimum atomic E-state index is -0.0900. The van der Waals surface area contributed by atoms with Crippen molar-refractivity contribution in [1.29, 1.82) is 5.26 Å². The summed E-state index contributed by atoms with van der Waals surface area (Å²) in [6, 6.07) is 9.56. The molecule has 0 saturated heterocycles. The lowest BCUT2D eigenvalue weighted by molar-refractivity contribution is 0.317. The number of hydrogen-bond acceptors (Lipinski definition) is 4. The molecule has 1 aromatic carbocycles. The van der Waals surface area contributed by atoms with Gasteiger partial charge in [-0.05, 0) is 30.2 Å². The summed E-state index contributed by atoms with van der Waals surface area (Å²) >= 11 is 1.31. The van der Waals surface area contributed by atoms with Crippen molar-refractivity contribution in [3.05, 3.63) is 49.4 Å². The Morgan fingerprint density at radius 1 is 1.38 bits per heavy atom. The Kier molecular flexibility index (Phi) is 4.96. The van der Waals surface area contributed by atoms with Crippen LogP contribution in [0.5, 0.6) is 5.75 Å². The summed E-state index contributed by atoms with van der Waals surface area (Å²) in [5.41, 5.74) is 0.842. The molecule has 0 N–H and O–H groups in total. The van der Waals surface area contributed by atoms with E-state index in [9.17, 15) is 4.79 Å². The third-order valence-corrected chi connectivity index (χ3v) is 4.01. The third-order valence-electron chi connectivity index (χ3n) is 2.90. The van der Waals surface area contributed by atoms with Gasteiger partial charge in [0.25, 0.3) is 5.56 Å². The van der Waals surface area contributed by atoms with E-state index in [1.165, 1.54) is 22.0 Å². The monoisotopic (exact) mass is 300 g/mol. The molecule has 4 nitrogen and oxygen atoms in total. The molecule has 0 atom stereocenters. The van der Waals surface area contributed by atoms with Crippen molar-refractivity contribution in [3.8, 4) is 11.8 Å². The summed E-state index contributed by atoms with van der Waals surface area (Å²) in [7, 11) is 1.67. The standard InChI is InChI=1S/C16H16N2O2S/c1-3-10-20-13-6-4-12(5-7-13)11-14-16(19)18(2)15(21-14)8-9-17/h4-8,11H,3,10H2,1-2H3/b14-11-,15-8-. The van der Waals surface area contributed by atoms with E-state index in [4.69, 9.17) is 10.00 Å². The molecule has 0 fully saturated rings. The van der Waals surface area contributed by atoms with E-state index in [2.05, 4.69) is 6.92 Å². The molecule has 0 bridgehead atoms. The molecule has 108 valence electrons. The molecule has 1 heterocycles. The molecule has 0 aliphatic rings. The second-order valence-electron chi connectivity index (χ2n) is 4.50. The van der Waals surface area contributed by atoms with E-state index >= 15 is 0 Å². The zero-order valence-corrected chi connectivity index (χ0v) is 12.8. The Bertz CT molecular complexity index is 823. The number of thiazole rings is 1. The van der Waals surface area contributed by atoms with Gasteiger partial charge in [-0.1, -0.05) is 19.1 Å². The van der Waals surface area contributed by atoms with Gasteiger partial charge in [0.2, 0.25) is 0 Å². The van der Waals surface area contributed by atoms with Gasteiger partial charge in [0.05, 0.1) is 17.2 Å². The lowest BCUT2D eigenvalue weighted by atomic mass is 10.2. The number of nitriles is 1. The van der Waals surface area contributed by atoms with Crippen LogP contribution in [0.2, 0.25) is 0 Å². The average molecular weight is 300 g/mol. The fourth-order valence-electron chi connectivity index (χ4n) is 1.79. The molecule has 2 rings (SSSR count). The summed E-state index contributed by atoms with van der Waals surface area (Å²) in [6.45, 7) is 2.76. The van der Waals surface area contributed by atoms with Crippen molar-refractivity contribution in [3.63, 3.8) is 0 Å². The van der Waals surface area contributed by atoms with Crippen molar-refractivity contribution in [2.45, 2.75) is 13.3 Å². The van der Waals surface area contributed by atoms with Gasteiger partial charge in [-0.2, -0.15) is 5.26 Å². The summed E-state index contributed by atoms with van der Waals surface area (Å²) in [5, 5.41) is 8.70. The molecule has 1 aromatic heterocycles. The normalized spacial score (nSPS) is 12.4. The van der Waals surface area contributed by atoms with Crippen LogP contribution in [0, 0.1) is 11.3 Å². The lowest BCUT2D eigenvalue weighted by Crippen LogP contribution is -2.28. The van der Waals surface area contributed by atoms with Crippen LogP contribution in [0.1, 0.15) is 18.9 Å². The first-order chi connectivity index (χ1) is 10.2. The number of rotatable bonds is 4. The fourth-order valence-corrected chi connectivity index (χ4v) is 2.77. The maximum absolute atomic E-state index is 12.1. The van der Waals surface area contributed by atoms with Crippen molar-refractivity contribution < 1.29 is 4.74 Å². The van der Waals surface area contributed by atoms with Gasteiger partial charge in [0.15, 0.2) is 0 Å². The quantitative estimate of drug-likeness (QED) is 0.857. The Morgan fingerprint density at radius 2 is 2.10 bits per heavy atom. The Balaban J connectivity index is 2.37. The molecule has 0 radical (unpaired) electrons. The van der Waals surface area contributed by atoms with E-state index in [1.807, 2.05) is 36.4 Å². The zero-order chi connectivity index (χ0) is 15.2. The van der Waals surface area contributed by atoms with E-state index in [-0.39, 0.29) is 5.56 Å². The van der Waals surface area contributed by atoms with Gasteiger partial charge < -0.3 is 9.30 Å². The summed E-state index contributed by atoms with van der Waals surface area (Å²) in [5.74, 6) is 0.826. The molecular weight excluding hydrogens is 284 g/mol. The SMILES string of the molecule is CCCOc1ccc(/C=c2\s/c(=C\C#N)n(C)c2=O)cc1. The van der Waals surface area contributed by atoms with Crippen LogP contribution < -0.4 is 19.5 Å². The summed E-state index contributed by atoms with van der Waals surface area (Å²) in [4.78, 5) is 12.1. The lowest BCUT2D eigenvalue weighted by Gasteiger charge is -2.03. The summed E-state index contributed by atoms with van der Waals surface area (Å²) in [6.07, 6.45) is 4.17. The van der Waals surface area contributed by atoms with Crippen LogP contribution in [-0.4, -0.2) is 11.2 Å². The van der Waals surface area contributed by atoms with Crippen molar-refractivity contribution >= 4 is 23.5 Å². The highest BCUT2D eigenvalue weighted by molar-refractivity contribution is 7.07. The first-order valence-electron chi connectivity index (χ1n) is 6.66. The van der Waals surface area contributed by atoms with Crippen LogP contribution in [0.3, 0.4) is 0 Å². The smallest absolute Gasteiger partial charge is 0.268 e. The second kappa shape index (κ2) is 6.91. The zero-order valence-electron chi connectivity index (χ0n) is 12.0. The summed E-state index contributed by atoms with van der Waals surface area (Å²) < 4.78 is 8.27. The third kappa shape index (κ3) is 3.61. The second-order valence-corrected chi connectivity index (χ2v) is 5.57. The predicted molar refractivity (Wildman–Crippen MR) is 84.7 cm³/mol. The van der Waals surface area contributed by atoms with Crippen molar-refractivity contribution in [1.82, 2.24) is 4.57 Å². The highest BCUT2D eigenvalue weighted by Crippen LogP contribution is 2.12. The molecular formula is C16H16N2O2S. The number of aromatic nitrogens is 1. The van der Waals surface area contributed by atoms with Crippen molar-refractivity contribution in [2.75, 3.05) is 6.61 Å². The van der Waals surface area contributed by atoms with Gasteiger partial charge in [-0.15, -0.1) is 11.3 Å². The van der Waals surface area contributed by atoms with Gasteiger partial charge in [0.1, 0.15) is 10.4 Å². The first kappa shape index (κ1) is 15.1. The average Bonchev–Trinajstić information content (AvgIpc) is 2.75. The fraction of sp³-hybridized carbons (Fsp3) is 0.250. The maximum atomic E-state index is 12.1. The highest BCUT2D eigenvalue weighted by Gasteiger charge is 2.00. The minimum absolute atomic E-state index is 0.0900. The van der Waals surface area contributed by atoms with E-state index in [0.29, 0.717) is 15.8 Å². The molecule has 0 aliphatic heterocycles. The number of benzene rings is 1. The number of hydrogen-bond donors (Lipinski definition) is 0. The Labute approximate surface area is 126 Å². The molecule has 21 heavy (non-hydrogen) atoms. The minimum Gasteiger partial charge on any atom is -0.494 e. The van der Waals surface area contributed by atoms with Crippen LogP contribution in [0.4, 0.5) is 0 Å². The number of nitrogens with zero attached hydrogens (tertiary/aromatic N) is 2. The van der Waals surface area contributed by atoms with Crippen LogP contribution in [-0.2, 0) is 7.05 Å². The largest absolute Gasteiger partial charge is 0.494 e. The first-order valence-corrected chi connectivity index (χ1v) is 7.47. The highest BCUT2D eigenvalue weighted by atomic mass is 32.1. The van der Waals surface area contributed by atoms with Crippen LogP contribution in [0.25, 0.3) is 12.2 Å². The van der Waals surface area contributed by atoms with Gasteiger partial charge >= 0.3 is 0 Å². The maximum Gasteiger partial charge on any atom is 0.268 e. The molecule has 2 aromatic rings. The predicted octanol–water partition coefficient (Wildman–Crippen LogP) is 1.37. The van der Waals surface area contributed by atoms with Gasteiger partial charge in [0, 0.05) is 13.1 Å². The molecule has 0 amide bonds. The topological polar surface area (TPSA) is 55.0 Å². The molecule has 0 spiro atoms. The van der Waals surface area contributed by atoms with E-state index < -0.39 is 0 Å². The molecule has 5 heteroatoms. The van der Waals surface area contributed by atoms with Gasteiger partial charge in [-0.25, -0.2) is 0 Å². The van der Waals surface area contributed by atoms with Crippen molar-refractivity contribution in [2.24, 2.45) is 7.05 Å². The molecule has 0 aliphatic carbocycles. The van der Waals surface area contributed by atoms with Crippen LogP contribution in [0.15, 0.2) is 29.1 Å². The van der Waals surface area contributed by atoms with Gasteiger partial charge in [-0.3, -0.25) is 4.79 Å². The number of ether oxygens (including phenoxy) is 1.